The number of halogens is 2. The highest BCUT2D eigenvalue weighted by Crippen LogP contribution is 2.40. The van der Waals surface area contributed by atoms with Gasteiger partial charge in [-0.25, -0.2) is 0 Å². The lowest BCUT2D eigenvalue weighted by Crippen LogP contribution is -2.27. The lowest BCUT2D eigenvalue weighted by Gasteiger charge is -2.32. The number of rotatable bonds is 2. The molecule has 0 bridgehead atoms. The van der Waals surface area contributed by atoms with Gasteiger partial charge in [-0.05, 0) is 43.4 Å². The van der Waals surface area contributed by atoms with Crippen molar-refractivity contribution < 1.29 is 5.11 Å². The van der Waals surface area contributed by atoms with E-state index in [4.69, 9.17) is 17.3 Å². The van der Waals surface area contributed by atoms with Crippen LogP contribution in [-0.4, -0.2) is 5.11 Å². The normalized spacial score (nSPS) is 17.4. The number of benzene rings is 1. The van der Waals surface area contributed by atoms with Gasteiger partial charge in [-0.1, -0.05) is 18.0 Å². The zero-order valence-electron chi connectivity index (χ0n) is 9.24. The smallest absolute Gasteiger partial charge is 0.123 e. The summed E-state index contributed by atoms with van der Waals surface area (Å²) in [5.74, 6) is 0.813. The number of hydrogen-bond acceptors (Lipinski definition) is 2. The van der Waals surface area contributed by atoms with E-state index in [1.807, 2.05) is 6.92 Å². The molecule has 1 saturated carbocycles. The second-order valence-corrected chi connectivity index (χ2v) is 4.81. The van der Waals surface area contributed by atoms with Gasteiger partial charge >= 0.3 is 0 Å². The summed E-state index contributed by atoms with van der Waals surface area (Å²) in [4.78, 5) is 0. The molecular formula is C12H17Cl2NO. The Kier molecular flexibility index (Phi) is 4.48. The maximum Gasteiger partial charge on any atom is 0.123 e. The molecular weight excluding hydrogens is 245 g/mol. The average Bonchev–Trinajstić information content (AvgIpc) is 2.08. The first-order chi connectivity index (χ1) is 7.09. The third-order valence-corrected chi connectivity index (χ3v) is 3.53. The van der Waals surface area contributed by atoms with Crippen molar-refractivity contribution in [2.75, 3.05) is 0 Å². The molecule has 1 atom stereocenters. The van der Waals surface area contributed by atoms with E-state index in [-0.39, 0.29) is 18.4 Å². The van der Waals surface area contributed by atoms with Gasteiger partial charge in [-0.15, -0.1) is 12.4 Å². The Hall–Kier alpha value is -0.440. The van der Waals surface area contributed by atoms with Crippen LogP contribution in [0.25, 0.3) is 0 Å². The van der Waals surface area contributed by atoms with Crippen LogP contribution in [0.1, 0.15) is 36.4 Å². The third kappa shape index (κ3) is 2.45. The standard InChI is InChI=1S/C12H16ClNO.ClH/c1-7-5-9(13)6-10(12(7)15)11(14)8-3-2-4-8;/h5-6,8,11,15H,2-4,14H2,1H3;1H/t11-;/m0./s1. The first-order valence-electron chi connectivity index (χ1n) is 5.34. The summed E-state index contributed by atoms with van der Waals surface area (Å²) in [6.07, 6.45) is 3.57. The first kappa shape index (κ1) is 13.6. The lowest BCUT2D eigenvalue weighted by atomic mass is 9.77. The van der Waals surface area contributed by atoms with Crippen molar-refractivity contribution in [2.45, 2.75) is 32.2 Å². The van der Waals surface area contributed by atoms with Crippen LogP contribution in [0.15, 0.2) is 12.1 Å². The summed E-state index contributed by atoms with van der Waals surface area (Å²) in [6.45, 7) is 1.85. The molecule has 0 aromatic heterocycles. The second kappa shape index (κ2) is 5.26. The van der Waals surface area contributed by atoms with Crippen molar-refractivity contribution in [3.8, 4) is 5.75 Å². The molecule has 1 fully saturated rings. The number of hydrogen-bond donors (Lipinski definition) is 2. The molecule has 0 heterocycles. The van der Waals surface area contributed by atoms with E-state index in [2.05, 4.69) is 0 Å². The fraction of sp³-hybridized carbons (Fsp3) is 0.500. The van der Waals surface area contributed by atoms with Gasteiger partial charge in [-0.3, -0.25) is 0 Å². The van der Waals surface area contributed by atoms with Crippen LogP contribution in [0.3, 0.4) is 0 Å². The molecule has 1 aliphatic carbocycles. The van der Waals surface area contributed by atoms with Crippen molar-refractivity contribution in [1.82, 2.24) is 0 Å². The van der Waals surface area contributed by atoms with Crippen LogP contribution in [0.5, 0.6) is 5.75 Å². The number of aromatic hydroxyl groups is 1. The molecule has 16 heavy (non-hydrogen) atoms. The number of nitrogens with two attached hydrogens (primary N) is 1. The second-order valence-electron chi connectivity index (χ2n) is 4.38. The summed E-state index contributed by atoms with van der Waals surface area (Å²) in [5.41, 5.74) is 7.71. The van der Waals surface area contributed by atoms with Gasteiger partial charge in [0.05, 0.1) is 0 Å². The first-order valence-corrected chi connectivity index (χ1v) is 5.72. The van der Waals surface area contributed by atoms with E-state index in [1.165, 1.54) is 6.42 Å². The molecule has 3 N–H and O–H groups in total. The van der Waals surface area contributed by atoms with Gasteiger partial charge in [0, 0.05) is 16.6 Å². The predicted octanol–water partition coefficient (Wildman–Crippen LogP) is 3.58. The highest BCUT2D eigenvalue weighted by Gasteiger charge is 2.27. The molecule has 1 aliphatic rings. The Morgan fingerprint density at radius 2 is 2.06 bits per heavy atom. The molecule has 2 nitrogen and oxygen atoms in total. The summed E-state index contributed by atoms with van der Waals surface area (Å²) in [7, 11) is 0. The van der Waals surface area contributed by atoms with E-state index in [0.29, 0.717) is 16.7 Å². The highest BCUT2D eigenvalue weighted by molar-refractivity contribution is 6.30. The van der Waals surface area contributed by atoms with E-state index >= 15 is 0 Å². The summed E-state index contributed by atoms with van der Waals surface area (Å²) >= 11 is 5.97. The SMILES string of the molecule is Cc1cc(Cl)cc([C@@H](N)C2CCC2)c1O.Cl. The van der Waals surface area contributed by atoms with Crippen molar-refractivity contribution in [1.29, 1.82) is 0 Å². The molecule has 0 unspecified atom stereocenters. The minimum absolute atomic E-state index is 0. The highest BCUT2D eigenvalue weighted by atomic mass is 35.5. The van der Waals surface area contributed by atoms with Gasteiger partial charge in [0.2, 0.25) is 0 Å². The number of phenols is 1. The molecule has 0 radical (unpaired) electrons. The minimum atomic E-state index is -0.0730. The molecule has 0 aliphatic heterocycles. The molecule has 2 rings (SSSR count). The van der Waals surface area contributed by atoms with E-state index in [1.54, 1.807) is 12.1 Å². The van der Waals surface area contributed by atoms with Crippen molar-refractivity contribution in [2.24, 2.45) is 11.7 Å². The van der Waals surface area contributed by atoms with E-state index in [9.17, 15) is 5.11 Å². The Morgan fingerprint density at radius 3 is 2.56 bits per heavy atom. The molecule has 0 spiro atoms. The topological polar surface area (TPSA) is 46.2 Å². The zero-order valence-corrected chi connectivity index (χ0v) is 10.8. The number of aryl methyl sites for hydroxylation is 1. The fourth-order valence-electron chi connectivity index (χ4n) is 2.07. The molecule has 4 heteroatoms. The molecule has 90 valence electrons. The van der Waals surface area contributed by atoms with Gasteiger partial charge in [-0.2, -0.15) is 0 Å². The zero-order chi connectivity index (χ0) is 11.0. The van der Waals surface area contributed by atoms with Crippen LogP contribution >= 0.6 is 24.0 Å². The van der Waals surface area contributed by atoms with Gasteiger partial charge in [0.15, 0.2) is 0 Å². The maximum absolute atomic E-state index is 9.92. The average molecular weight is 262 g/mol. The van der Waals surface area contributed by atoms with Gasteiger partial charge in [0.1, 0.15) is 5.75 Å². The van der Waals surface area contributed by atoms with Crippen molar-refractivity contribution in [3.05, 3.63) is 28.3 Å². The molecule has 1 aromatic carbocycles. The van der Waals surface area contributed by atoms with Crippen molar-refractivity contribution >= 4 is 24.0 Å². The van der Waals surface area contributed by atoms with Crippen LogP contribution in [0, 0.1) is 12.8 Å². The third-order valence-electron chi connectivity index (χ3n) is 3.31. The van der Waals surface area contributed by atoms with Crippen LogP contribution in [-0.2, 0) is 0 Å². The number of phenolic OH excluding ortho intramolecular Hbond substituents is 1. The minimum Gasteiger partial charge on any atom is -0.507 e. The molecule has 0 amide bonds. The van der Waals surface area contributed by atoms with E-state index < -0.39 is 0 Å². The summed E-state index contributed by atoms with van der Waals surface area (Å²) < 4.78 is 0. The maximum atomic E-state index is 9.92. The Balaban J connectivity index is 0.00000128. The van der Waals surface area contributed by atoms with Crippen LogP contribution in [0.4, 0.5) is 0 Å². The Morgan fingerprint density at radius 1 is 1.44 bits per heavy atom. The molecule has 1 aromatic rings. The van der Waals surface area contributed by atoms with E-state index in [0.717, 1.165) is 24.0 Å². The lowest BCUT2D eigenvalue weighted by molar-refractivity contribution is 0.260. The van der Waals surface area contributed by atoms with Gasteiger partial charge in [0.25, 0.3) is 0 Å². The van der Waals surface area contributed by atoms with Crippen LogP contribution in [0.2, 0.25) is 5.02 Å². The summed E-state index contributed by atoms with van der Waals surface area (Å²) in [5, 5.41) is 10.6. The fourth-order valence-corrected chi connectivity index (χ4v) is 2.35. The van der Waals surface area contributed by atoms with Crippen LogP contribution < -0.4 is 5.73 Å². The van der Waals surface area contributed by atoms with Gasteiger partial charge < -0.3 is 10.8 Å². The Labute approximate surface area is 107 Å². The quantitative estimate of drug-likeness (QED) is 0.855. The predicted molar refractivity (Wildman–Crippen MR) is 69.4 cm³/mol. The largest absolute Gasteiger partial charge is 0.507 e. The van der Waals surface area contributed by atoms with Crippen molar-refractivity contribution in [3.63, 3.8) is 0 Å². The Bertz CT molecular complexity index is 378. The molecule has 0 saturated heterocycles. The monoisotopic (exact) mass is 261 g/mol. The summed E-state index contributed by atoms with van der Waals surface area (Å²) in [6, 6.07) is 3.47.